The smallest absolute Gasteiger partial charge is 0.252 e. The van der Waals surface area contributed by atoms with Gasteiger partial charge in [0, 0.05) is 12.7 Å². The second-order valence-electron chi connectivity index (χ2n) is 5.74. The summed E-state index contributed by atoms with van der Waals surface area (Å²) in [7, 11) is 0. The van der Waals surface area contributed by atoms with Crippen LogP contribution in [-0.4, -0.2) is 10.5 Å². The van der Waals surface area contributed by atoms with Crippen molar-refractivity contribution in [2.24, 2.45) is 5.73 Å². The van der Waals surface area contributed by atoms with Crippen LogP contribution in [0, 0.1) is 5.41 Å². The summed E-state index contributed by atoms with van der Waals surface area (Å²) < 4.78 is 1.58. The summed E-state index contributed by atoms with van der Waals surface area (Å²) in [5, 5.41) is 9.48. The van der Waals surface area contributed by atoms with E-state index >= 15 is 0 Å². The third-order valence-corrected chi connectivity index (χ3v) is 4.87. The molecule has 0 saturated heterocycles. The molecule has 3 rings (SSSR count). The molecule has 7 heteroatoms. The number of amides is 1. The number of rotatable bonds is 4. The van der Waals surface area contributed by atoms with Crippen molar-refractivity contribution in [2.45, 2.75) is 6.54 Å². The summed E-state index contributed by atoms with van der Waals surface area (Å²) in [6.07, 6.45) is 1.60. The molecule has 1 amide bonds. The van der Waals surface area contributed by atoms with E-state index in [0.717, 1.165) is 16.7 Å². The van der Waals surface area contributed by atoms with E-state index in [1.165, 1.54) is 6.07 Å². The highest BCUT2D eigenvalue weighted by molar-refractivity contribution is 6.42. The van der Waals surface area contributed by atoms with Crippen molar-refractivity contribution in [2.75, 3.05) is 0 Å². The van der Waals surface area contributed by atoms with E-state index in [9.17, 15) is 4.79 Å². The predicted octanol–water partition coefficient (Wildman–Crippen LogP) is 4.74. The maximum Gasteiger partial charge on any atom is 0.252 e. The molecule has 0 atom stereocenters. The van der Waals surface area contributed by atoms with Gasteiger partial charge in [0.15, 0.2) is 0 Å². The molecule has 0 saturated carbocycles. The Bertz CT molecular complexity index is 1040. The van der Waals surface area contributed by atoms with Gasteiger partial charge in [0.05, 0.1) is 20.6 Å². The Morgan fingerprint density at radius 2 is 1.62 bits per heavy atom. The monoisotopic (exact) mass is 405 g/mol. The zero-order valence-electron chi connectivity index (χ0n) is 13.5. The highest BCUT2D eigenvalue weighted by atomic mass is 35.5. The fourth-order valence-corrected chi connectivity index (χ4v) is 3.12. The van der Waals surface area contributed by atoms with Crippen LogP contribution in [0.2, 0.25) is 15.1 Å². The molecule has 0 aliphatic rings. The fourth-order valence-electron chi connectivity index (χ4n) is 2.60. The first-order valence-corrected chi connectivity index (χ1v) is 8.77. The Kier molecular flexibility index (Phi) is 5.37. The lowest BCUT2D eigenvalue weighted by molar-refractivity contribution is 0.0998. The van der Waals surface area contributed by atoms with Crippen LogP contribution in [-0.2, 0) is 6.54 Å². The third-order valence-electron chi connectivity index (χ3n) is 3.93. The molecule has 0 unspecified atom stereocenters. The Labute approximate surface area is 165 Å². The normalized spacial score (nSPS) is 10.7. The van der Waals surface area contributed by atoms with Crippen molar-refractivity contribution in [1.29, 1.82) is 5.41 Å². The first-order valence-electron chi connectivity index (χ1n) is 7.64. The molecule has 0 fully saturated rings. The van der Waals surface area contributed by atoms with Gasteiger partial charge in [-0.3, -0.25) is 10.2 Å². The van der Waals surface area contributed by atoms with Crippen LogP contribution in [0.1, 0.15) is 15.9 Å². The molecular formula is C19H14Cl3N3O. The molecule has 0 radical (unpaired) electrons. The average molecular weight is 407 g/mol. The number of nitrogens with two attached hydrogens (primary N) is 1. The number of aromatic nitrogens is 1. The van der Waals surface area contributed by atoms with Crippen molar-refractivity contribution in [1.82, 2.24) is 4.57 Å². The molecule has 3 N–H and O–H groups in total. The van der Waals surface area contributed by atoms with Gasteiger partial charge >= 0.3 is 0 Å². The molecule has 132 valence electrons. The number of nitrogens with one attached hydrogen (secondary N) is 1. The number of benzene rings is 2. The zero-order valence-corrected chi connectivity index (χ0v) is 15.7. The third kappa shape index (κ3) is 3.93. The lowest BCUT2D eigenvalue weighted by atomic mass is 10.0. The van der Waals surface area contributed by atoms with Crippen LogP contribution < -0.4 is 11.2 Å². The lowest BCUT2D eigenvalue weighted by Gasteiger charge is -2.11. The fraction of sp³-hybridized carbons (Fsp3) is 0.0526. The molecule has 3 aromatic rings. The van der Waals surface area contributed by atoms with Gasteiger partial charge < -0.3 is 10.3 Å². The van der Waals surface area contributed by atoms with E-state index in [1.54, 1.807) is 16.8 Å². The number of pyridine rings is 1. The number of carbonyl (C=O) groups excluding carboxylic acids is 1. The van der Waals surface area contributed by atoms with E-state index in [4.69, 9.17) is 45.9 Å². The van der Waals surface area contributed by atoms with E-state index < -0.39 is 5.91 Å². The van der Waals surface area contributed by atoms with Crippen LogP contribution in [0.15, 0.2) is 54.7 Å². The Balaban J connectivity index is 1.89. The summed E-state index contributed by atoms with van der Waals surface area (Å²) in [6.45, 7) is 0.390. The molecule has 4 nitrogen and oxygen atoms in total. The van der Waals surface area contributed by atoms with Gasteiger partial charge in [-0.15, -0.1) is 0 Å². The van der Waals surface area contributed by atoms with Crippen LogP contribution in [0.3, 0.4) is 0 Å². The zero-order chi connectivity index (χ0) is 18.8. The molecule has 2 aromatic carbocycles. The minimum Gasteiger partial charge on any atom is -0.365 e. The topological polar surface area (TPSA) is 71.9 Å². The Morgan fingerprint density at radius 3 is 2.23 bits per heavy atom. The minimum absolute atomic E-state index is 0.0236. The van der Waals surface area contributed by atoms with Crippen molar-refractivity contribution in [3.63, 3.8) is 0 Å². The minimum atomic E-state index is -0.679. The second kappa shape index (κ2) is 7.54. The number of nitrogens with zero attached hydrogens (tertiary/aromatic N) is 1. The van der Waals surface area contributed by atoms with Gasteiger partial charge in [-0.1, -0.05) is 65.1 Å². The maximum atomic E-state index is 11.4. The molecule has 0 aliphatic heterocycles. The summed E-state index contributed by atoms with van der Waals surface area (Å²) in [5.74, 6) is -0.679. The molecule has 0 spiro atoms. The van der Waals surface area contributed by atoms with Crippen LogP contribution in [0.25, 0.3) is 11.1 Å². The average Bonchev–Trinajstić information content (AvgIpc) is 2.60. The van der Waals surface area contributed by atoms with Crippen molar-refractivity contribution in [3.8, 4) is 11.1 Å². The summed E-state index contributed by atoms with van der Waals surface area (Å²) in [6, 6.07) is 14.7. The standard InChI is InChI=1S/C19H14Cl3N3O/c20-14-8-15(19(24)26)18(23)25(10-14)9-11-1-3-12(4-2-11)13-5-6-16(21)17(22)7-13/h1-8,10,23H,9H2,(H2,24,26). The molecular weight excluding hydrogens is 393 g/mol. The SMILES string of the molecule is N=c1c(C(N)=O)cc(Cl)cn1Cc1ccc(-c2ccc(Cl)c(Cl)c2)cc1. The van der Waals surface area contributed by atoms with Crippen molar-refractivity contribution in [3.05, 3.63) is 86.4 Å². The van der Waals surface area contributed by atoms with E-state index in [1.807, 2.05) is 36.4 Å². The van der Waals surface area contributed by atoms with Gasteiger partial charge in [0.2, 0.25) is 0 Å². The maximum absolute atomic E-state index is 11.4. The lowest BCUT2D eigenvalue weighted by Crippen LogP contribution is -2.29. The predicted molar refractivity (Wildman–Crippen MR) is 105 cm³/mol. The summed E-state index contributed by atoms with van der Waals surface area (Å²) in [5.41, 5.74) is 8.31. The van der Waals surface area contributed by atoms with Crippen LogP contribution in [0.5, 0.6) is 0 Å². The quantitative estimate of drug-likeness (QED) is 0.645. The summed E-state index contributed by atoms with van der Waals surface area (Å²) >= 11 is 18.0. The van der Waals surface area contributed by atoms with Crippen molar-refractivity contribution < 1.29 is 4.79 Å². The van der Waals surface area contributed by atoms with E-state index in [-0.39, 0.29) is 11.1 Å². The molecule has 1 aromatic heterocycles. The van der Waals surface area contributed by atoms with Crippen molar-refractivity contribution >= 4 is 40.7 Å². The Morgan fingerprint density at radius 1 is 0.962 bits per heavy atom. The van der Waals surface area contributed by atoms with Gasteiger partial charge in [0.25, 0.3) is 5.91 Å². The highest BCUT2D eigenvalue weighted by Gasteiger charge is 2.09. The number of hydrogen-bond acceptors (Lipinski definition) is 2. The van der Waals surface area contributed by atoms with Gasteiger partial charge in [-0.05, 0) is 34.9 Å². The summed E-state index contributed by atoms with van der Waals surface area (Å²) in [4.78, 5) is 11.4. The molecule has 0 bridgehead atoms. The van der Waals surface area contributed by atoms with Gasteiger partial charge in [-0.25, -0.2) is 0 Å². The number of primary amides is 1. The van der Waals surface area contributed by atoms with Crippen LogP contribution >= 0.6 is 34.8 Å². The number of halogens is 3. The Hall–Kier alpha value is -2.27. The highest BCUT2D eigenvalue weighted by Crippen LogP contribution is 2.28. The first-order chi connectivity index (χ1) is 12.3. The molecule has 26 heavy (non-hydrogen) atoms. The molecule has 1 heterocycles. The molecule has 0 aliphatic carbocycles. The first kappa shape index (κ1) is 18.5. The number of carbonyl (C=O) groups is 1. The second-order valence-corrected chi connectivity index (χ2v) is 6.99. The number of hydrogen-bond donors (Lipinski definition) is 2. The van der Waals surface area contributed by atoms with E-state index in [0.29, 0.717) is 21.6 Å². The van der Waals surface area contributed by atoms with Gasteiger partial charge in [-0.2, -0.15) is 0 Å². The van der Waals surface area contributed by atoms with E-state index in [2.05, 4.69) is 0 Å². The van der Waals surface area contributed by atoms with Gasteiger partial charge in [0.1, 0.15) is 5.49 Å². The largest absolute Gasteiger partial charge is 0.365 e. The van der Waals surface area contributed by atoms with Crippen LogP contribution in [0.4, 0.5) is 0 Å².